The van der Waals surface area contributed by atoms with E-state index in [-0.39, 0.29) is 11.4 Å². The van der Waals surface area contributed by atoms with E-state index < -0.39 is 5.82 Å². The highest BCUT2D eigenvalue weighted by Gasteiger charge is 2.40. The molecule has 0 aliphatic heterocycles. The van der Waals surface area contributed by atoms with Gasteiger partial charge in [0.25, 0.3) is 0 Å². The minimum atomic E-state index is -0.431. The standard InChI is InChI=1S/C31H42F2/c1-18-5-6-22(7-8-23-15-24-10-19(2)11-25(24)16-23)14-26(9-18)28-13-20(3)12-27-17-29(32)21(4)31(33)30(27)28/h12-13,17-19,22-26H,5-11,14-16H2,1-4H3. The van der Waals surface area contributed by atoms with Crippen molar-refractivity contribution in [1.29, 1.82) is 0 Å². The van der Waals surface area contributed by atoms with Crippen LogP contribution in [0.1, 0.15) is 101 Å². The predicted molar refractivity (Wildman–Crippen MR) is 135 cm³/mol. The number of fused-ring (bicyclic) bond motifs is 2. The van der Waals surface area contributed by atoms with Crippen molar-refractivity contribution in [2.45, 2.75) is 97.8 Å². The Kier molecular flexibility index (Phi) is 6.57. The molecule has 3 saturated carbocycles. The zero-order valence-electron chi connectivity index (χ0n) is 21.1. The molecule has 0 heterocycles. The summed E-state index contributed by atoms with van der Waals surface area (Å²) in [6, 6.07) is 5.68. The van der Waals surface area contributed by atoms with Crippen LogP contribution in [0.5, 0.6) is 0 Å². The van der Waals surface area contributed by atoms with Gasteiger partial charge in [-0.2, -0.15) is 0 Å². The van der Waals surface area contributed by atoms with Crippen molar-refractivity contribution >= 4 is 10.8 Å². The van der Waals surface area contributed by atoms with Crippen molar-refractivity contribution < 1.29 is 8.78 Å². The smallest absolute Gasteiger partial charge is 0.137 e. The molecule has 0 N–H and O–H groups in total. The first kappa shape index (κ1) is 23.3. The van der Waals surface area contributed by atoms with Crippen molar-refractivity contribution in [3.8, 4) is 0 Å². The molecule has 2 aromatic carbocycles. The van der Waals surface area contributed by atoms with Gasteiger partial charge < -0.3 is 0 Å². The molecule has 5 rings (SSSR count). The third-order valence-corrected chi connectivity index (χ3v) is 9.68. The van der Waals surface area contributed by atoms with Crippen LogP contribution < -0.4 is 0 Å². The Morgan fingerprint density at radius 3 is 2.18 bits per heavy atom. The molecule has 5 unspecified atom stereocenters. The van der Waals surface area contributed by atoms with Crippen LogP contribution in [0.25, 0.3) is 10.8 Å². The van der Waals surface area contributed by atoms with Crippen molar-refractivity contribution in [3.63, 3.8) is 0 Å². The summed E-state index contributed by atoms with van der Waals surface area (Å²) < 4.78 is 29.7. The van der Waals surface area contributed by atoms with Gasteiger partial charge in [0, 0.05) is 10.9 Å². The van der Waals surface area contributed by atoms with E-state index in [2.05, 4.69) is 26.8 Å². The van der Waals surface area contributed by atoms with E-state index in [1.165, 1.54) is 51.4 Å². The topological polar surface area (TPSA) is 0 Å². The fraction of sp³-hybridized carbons (Fsp3) is 0.677. The van der Waals surface area contributed by atoms with Gasteiger partial charge in [0.2, 0.25) is 0 Å². The molecule has 0 bridgehead atoms. The molecule has 0 amide bonds. The summed E-state index contributed by atoms with van der Waals surface area (Å²) >= 11 is 0. The van der Waals surface area contributed by atoms with Crippen LogP contribution >= 0.6 is 0 Å². The summed E-state index contributed by atoms with van der Waals surface area (Å²) in [5.41, 5.74) is 2.40. The minimum Gasteiger partial charge on any atom is -0.207 e. The summed E-state index contributed by atoms with van der Waals surface area (Å²) in [6.07, 6.45) is 13.5. The molecule has 0 nitrogen and oxygen atoms in total. The molecule has 5 atom stereocenters. The molecule has 0 radical (unpaired) electrons. The highest BCUT2D eigenvalue weighted by Crippen LogP contribution is 2.51. The number of benzene rings is 2. The fourth-order valence-electron chi connectivity index (χ4n) is 8.08. The van der Waals surface area contributed by atoms with Gasteiger partial charge in [-0.25, -0.2) is 8.78 Å². The molecule has 3 aliphatic rings. The number of hydrogen-bond donors (Lipinski definition) is 0. The third-order valence-electron chi connectivity index (χ3n) is 9.68. The van der Waals surface area contributed by atoms with Crippen LogP contribution in [-0.2, 0) is 0 Å². The number of rotatable bonds is 4. The van der Waals surface area contributed by atoms with Gasteiger partial charge in [-0.15, -0.1) is 0 Å². The van der Waals surface area contributed by atoms with Crippen LogP contribution in [0.3, 0.4) is 0 Å². The second-order valence-electron chi connectivity index (χ2n) is 12.5. The molecule has 180 valence electrons. The predicted octanol–water partition coefficient (Wildman–Crippen LogP) is 9.50. The Hall–Kier alpha value is -1.44. The first-order chi connectivity index (χ1) is 15.8. The average Bonchev–Trinajstić information content (AvgIpc) is 3.22. The molecule has 2 aromatic rings. The monoisotopic (exact) mass is 452 g/mol. The van der Waals surface area contributed by atoms with E-state index in [0.29, 0.717) is 17.2 Å². The lowest BCUT2D eigenvalue weighted by Crippen LogP contribution is -2.10. The van der Waals surface area contributed by atoms with Crippen LogP contribution in [0.4, 0.5) is 8.78 Å². The first-order valence-corrected chi connectivity index (χ1v) is 13.7. The van der Waals surface area contributed by atoms with Gasteiger partial charge >= 0.3 is 0 Å². The molecule has 0 spiro atoms. The quantitative estimate of drug-likeness (QED) is 0.405. The second kappa shape index (κ2) is 9.31. The van der Waals surface area contributed by atoms with Gasteiger partial charge in [-0.1, -0.05) is 57.2 Å². The summed E-state index contributed by atoms with van der Waals surface area (Å²) in [5, 5.41) is 1.40. The van der Waals surface area contributed by atoms with Crippen molar-refractivity contribution in [2.75, 3.05) is 0 Å². The van der Waals surface area contributed by atoms with E-state index in [9.17, 15) is 4.39 Å². The van der Waals surface area contributed by atoms with E-state index >= 15 is 4.39 Å². The Labute approximate surface area is 199 Å². The van der Waals surface area contributed by atoms with Gasteiger partial charge in [-0.3, -0.25) is 0 Å². The number of aryl methyl sites for hydroxylation is 1. The van der Waals surface area contributed by atoms with Crippen molar-refractivity contribution in [2.24, 2.45) is 35.5 Å². The fourth-order valence-corrected chi connectivity index (χ4v) is 8.08. The maximum Gasteiger partial charge on any atom is 0.137 e. The first-order valence-electron chi connectivity index (χ1n) is 13.7. The van der Waals surface area contributed by atoms with Crippen molar-refractivity contribution in [3.05, 3.63) is 46.5 Å². The summed E-state index contributed by atoms with van der Waals surface area (Å²) in [7, 11) is 0. The van der Waals surface area contributed by atoms with E-state index in [0.717, 1.165) is 58.9 Å². The highest BCUT2D eigenvalue weighted by molar-refractivity contribution is 5.88. The molecule has 3 fully saturated rings. The molecule has 2 heteroatoms. The van der Waals surface area contributed by atoms with E-state index in [1.54, 1.807) is 13.0 Å². The maximum atomic E-state index is 15.4. The van der Waals surface area contributed by atoms with Crippen molar-refractivity contribution in [1.82, 2.24) is 0 Å². The summed E-state index contributed by atoms with van der Waals surface area (Å²) in [4.78, 5) is 0. The normalized spacial score (nSPS) is 34.5. The minimum absolute atomic E-state index is 0.159. The zero-order chi connectivity index (χ0) is 23.3. The van der Waals surface area contributed by atoms with Crippen LogP contribution in [0.15, 0.2) is 18.2 Å². The Bertz CT molecular complexity index is 994. The van der Waals surface area contributed by atoms with Gasteiger partial charge in [0.15, 0.2) is 0 Å². The van der Waals surface area contributed by atoms with E-state index in [1.807, 2.05) is 6.07 Å². The Morgan fingerprint density at radius 1 is 0.758 bits per heavy atom. The molecule has 0 saturated heterocycles. The highest BCUT2D eigenvalue weighted by atomic mass is 19.1. The van der Waals surface area contributed by atoms with Gasteiger partial charge in [0.05, 0.1) is 0 Å². The SMILES string of the molecule is Cc1cc(C2CC(C)CCC(CCC3CC4CC(C)CC4C3)C2)c2c(F)c(C)c(F)cc2c1. The van der Waals surface area contributed by atoms with Crippen LogP contribution in [0, 0.1) is 61.0 Å². The maximum absolute atomic E-state index is 15.4. The van der Waals surface area contributed by atoms with Crippen LogP contribution in [0.2, 0.25) is 0 Å². The lowest BCUT2D eigenvalue weighted by Gasteiger charge is -2.24. The summed E-state index contributed by atoms with van der Waals surface area (Å²) in [5.74, 6) is 4.90. The lowest BCUT2D eigenvalue weighted by molar-refractivity contribution is 0.338. The van der Waals surface area contributed by atoms with E-state index in [4.69, 9.17) is 0 Å². The lowest BCUT2D eigenvalue weighted by atomic mass is 9.80. The Morgan fingerprint density at radius 2 is 1.45 bits per heavy atom. The number of halogens is 2. The second-order valence-corrected chi connectivity index (χ2v) is 12.5. The van der Waals surface area contributed by atoms with Gasteiger partial charge in [0.1, 0.15) is 11.6 Å². The molecular weight excluding hydrogens is 410 g/mol. The summed E-state index contributed by atoms with van der Waals surface area (Å²) in [6.45, 7) is 8.44. The third kappa shape index (κ3) is 4.73. The number of hydrogen-bond acceptors (Lipinski definition) is 0. The molecule has 0 aromatic heterocycles. The van der Waals surface area contributed by atoms with Gasteiger partial charge in [-0.05, 0) is 111 Å². The average molecular weight is 453 g/mol. The Balaban J connectivity index is 1.35. The molecular formula is C31H42F2. The zero-order valence-corrected chi connectivity index (χ0v) is 21.1. The molecule has 3 aliphatic carbocycles. The largest absolute Gasteiger partial charge is 0.207 e. The molecule has 33 heavy (non-hydrogen) atoms. The van der Waals surface area contributed by atoms with Crippen LogP contribution in [-0.4, -0.2) is 0 Å².